The smallest absolute Gasteiger partial charge is 0.167 e. The SMILES string of the molecule is FCC(F)C(F)C(F)COCC(F)C(F)C(F)CF. The second kappa shape index (κ2) is 9.33. The van der Waals surface area contributed by atoms with Crippen molar-refractivity contribution in [3.63, 3.8) is 0 Å². The van der Waals surface area contributed by atoms with Gasteiger partial charge in [-0.25, -0.2) is 35.1 Å². The van der Waals surface area contributed by atoms with Crippen LogP contribution in [0.1, 0.15) is 0 Å². The van der Waals surface area contributed by atoms with Crippen LogP contribution in [-0.2, 0) is 4.74 Å². The highest BCUT2D eigenvalue weighted by Crippen LogP contribution is 2.16. The maximum atomic E-state index is 12.9. The molecule has 0 N–H and O–H groups in total. The molecule has 0 spiro atoms. The maximum absolute atomic E-state index is 12.9. The molecular weight excluding hydrogens is 288 g/mol. The molecule has 0 fully saturated rings. The molecule has 0 rings (SSSR count). The monoisotopic (exact) mass is 302 g/mol. The molecular formula is C10H14F8O. The summed E-state index contributed by atoms with van der Waals surface area (Å²) in [7, 11) is 0. The molecule has 0 bridgehead atoms. The highest BCUT2D eigenvalue weighted by atomic mass is 19.2. The molecule has 0 aliphatic heterocycles. The Balaban J connectivity index is 3.96. The average Bonchev–Trinajstić information content (AvgIpc) is 2.43. The highest BCUT2D eigenvalue weighted by molar-refractivity contribution is 4.78. The molecule has 0 aromatic carbocycles. The quantitative estimate of drug-likeness (QED) is 0.564. The molecule has 0 amide bonds. The summed E-state index contributed by atoms with van der Waals surface area (Å²) in [4.78, 5) is 0. The third kappa shape index (κ3) is 6.40. The van der Waals surface area contributed by atoms with Gasteiger partial charge in [-0.2, -0.15) is 0 Å². The van der Waals surface area contributed by atoms with Crippen molar-refractivity contribution in [3.8, 4) is 0 Å². The third-order valence-electron chi connectivity index (χ3n) is 2.23. The number of rotatable bonds is 10. The van der Waals surface area contributed by atoms with Gasteiger partial charge in [0.05, 0.1) is 13.2 Å². The van der Waals surface area contributed by atoms with E-state index in [1.54, 1.807) is 0 Å². The van der Waals surface area contributed by atoms with Crippen LogP contribution in [0.2, 0.25) is 0 Å². The van der Waals surface area contributed by atoms with Crippen molar-refractivity contribution in [3.05, 3.63) is 0 Å². The zero-order valence-electron chi connectivity index (χ0n) is 9.72. The molecule has 0 aromatic heterocycles. The van der Waals surface area contributed by atoms with E-state index in [-0.39, 0.29) is 0 Å². The number of hydrogen-bond acceptors (Lipinski definition) is 1. The van der Waals surface area contributed by atoms with Crippen molar-refractivity contribution in [1.82, 2.24) is 0 Å². The second-order valence-corrected chi connectivity index (χ2v) is 3.80. The fourth-order valence-corrected chi connectivity index (χ4v) is 1.10. The Labute approximate surface area is 104 Å². The fraction of sp³-hybridized carbons (Fsp3) is 1.00. The Morgan fingerprint density at radius 1 is 0.579 bits per heavy atom. The summed E-state index contributed by atoms with van der Waals surface area (Å²) in [6.45, 7) is -5.78. The van der Waals surface area contributed by atoms with E-state index >= 15 is 0 Å². The van der Waals surface area contributed by atoms with Crippen LogP contribution in [0, 0.1) is 0 Å². The summed E-state index contributed by atoms with van der Waals surface area (Å²) in [5, 5.41) is 0. The minimum absolute atomic E-state index is 1.15. The lowest BCUT2D eigenvalue weighted by Crippen LogP contribution is -2.36. The van der Waals surface area contributed by atoms with Crippen LogP contribution in [0.15, 0.2) is 0 Å². The van der Waals surface area contributed by atoms with Crippen molar-refractivity contribution < 1.29 is 39.9 Å². The first kappa shape index (κ1) is 18.4. The van der Waals surface area contributed by atoms with Crippen molar-refractivity contribution in [2.75, 3.05) is 26.6 Å². The van der Waals surface area contributed by atoms with Gasteiger partial charge in [-0.15, -0.1) is 0 Å². The predicted octanol–water partition coefficient (Wildman–Crippen LogP) is 2.97. The Morgan fingerprint density at radius 3 is 1.16 bits per heavy atom. The second-order valence-electron chi connectivity index (χ2n) is 3.80. The number of alkyl halides is 8. The van der Waals surface area contributed by atoms with Crippen LogP contribution in [0.5, 0.6) is 0 Å². The van der Waals surface area contributed by atoms with Gasteiger partial charge >= 0.3 is 0 Å². The molecule has 19 heavy (non-hydrogen) atoms. The van der Waals surface area contributed by atoms with Gasteiger partial charge in [-0.05, 0) is 0 Å². The van der Waals surface area contributed by atoms with Crippen LogP contribution < -0.4 is 0 Å². The maximum Gasteiger partial charge on any atom is 0.167 e. The van der Waals surface area contributed by atoms with E-state index in [9.17, 15) is 35.1 Å². The van der Waals surface area contributed by atoms with E-state index < -0.39 is 63.6 Å². The molecule has 0 radical (unpaired) electrons. The Bertz CT molecular complexity index is 210. The average molecular weight is 302 g/mol. The largest absolute Gasteiger partial charge is 0.375 e. The van der Waals surface area contributed by atoms with Crippen LogP contribution in [0.3, 0.4) is 0 Å². The Kier molecular flexibility index (Phi) is 9.03. The summed E-state index contributed by atoms with van der Waals surface area (Å²) in [5.74, 6) is 0. The first-order valence-corrected chi connectivity index (χ1v) is 5.39. The molecule has 0 aromatic rings. The molecule has 0 saturated heterocycles. The Morgan fingerprint density at radius 2 is 0.895 bits per heavy atom. The van der Waals surface area contributed by atoms with E-state index in [4.69, 9.17) is 0 Å². The summed E-state index contributed by atoms with van der Waals surface area (Å²) in [6.07, 6.45) is -16.1. The third-order valence-corrected chi connectivity index (χ3v) is 2.23. The van der Waals surface area contributed by atoms with Crippen LogP contribution >= 0.6 is 0 Å². The zero-order valence-corrected chi connectivity index (χ0v) is 9.72. The lowest BCUT2D eigenvalue weighted by atomic mass is 10.1. The van der Waals surface area contributed by atoms with E-state index in [0.717, 1.165) is 0 Å². The minimum Gasteiger partial charge on any atom is -0.375 e. The van der Waals surface area contributed by atoms with Gasteiger partial charge < -0.3 is 4.74 Å². The molecule has 6 atom stereocenters. The number of ether oxygens (including phenoxy) is 1. The molecule has 0 heterocycles. The van der Waals surface area contributed by atoms with E-state index in [1.165, 1.54) is 0 Å². The van der Waals surface area contributed by atoms with E-state index in [0.29, 0.717) is 0 Å². The first-order chi connectivity index (χ1) is 8.84. The lowest BCUT2D eigenvalue weighted by Gasteiger charge is -2.18. The van der Waals surface area contributed by atoms with Crippen LogP contribution in [0.25, 0.3) is 0 Å². The van der Waals surface area contributed by atoms with Gasteiger partial charge in [0.1, 0.15) is 13.3 Å². The summed E-state index contributed by atoms with van der Waals surface area (Å²) in [6, 6.07) is 0. The first-order valence-electron chi connectivity index (χ1n) is 5.39. The highest BCUT2D eigenvalue weighted by Gasteiger charge is 2.32. The van der Waals surface area contributed by atoms with Gasteiger partial charge in [-0.1, -0.05) is 0 Å². The van der Waals surface area contributed by atoms with Gasteiger partial charge in [0.15, 0.2) is 37.0 Å². The molecule has 0 aliphatic rings. The van der Waals surface area contributed by atoms with Crippen molar-refractivity contribution in [1.29, 1.82) is 0 Å². The van der Waals surface area contributed by atoms with Crippen LogP contribution in [0.4, 0.5) is 35.1 Å². The predicted molar refractivity (Wildman–Crippen MR) is 52.1 cm³/mol. The van der Waals surface area contributed by atoms with Gasteiger partial charge in [0.25, 0.3) is 0 Å². The summed E-state index contributed by atoms with van der Waals surface area (Å²) >= 11 is 0. The van der Waals surface area contributed by atoms with Crippen LogP contribution in [-0.4, -0.2) is 63.6 Å². The molecule has 1 nitrogen and oxygen atoms in total. The van der Waals surface area contributed by atoms with Gasteiger partial charge in [0.2, 0.25) is 0 Å². The van der Waals surface area contributed by atoms with Gasteiger partial charge in [0, 0.05) is 0 Å². The van der Waals surface area contributed by atoms with E-state index in [2.05, 4.69) is 4.74 Å². The molecule has 116 valence electrons. The Hall–Kier alpha value is -0.600. The molecule has 9 heteroatoms. The number of hydrogen-bond donors (Lipinski definition) is 0. The van der Waals surface area contributed by atoms with Gasteiger partial charge in [-0.3, -0.25) is 0 Å². The van der Waals surface area contributed by atoms with Crippen molar-refractivity contribution >= 4 is 0 Å². The van der Waals surface area contributed by atoms with Crippen molar-refractivity contribution in [2.45, 2.75) is 37.0 Å². The summed E-state index contributed by atoms with van der Waals surface area (Å²) < 4.78 is 103. The fourth-order valence-electron chi connectivity index (χ4n) is 1.10. The molecule has 0 aliphatic carbocycles. The molecule has 6 unspecified atom stereocenters. The lowest BCUT2D eigenvalue weighted by molar-refractivity contribution is -0.0293. The number of halogens is 8. The normalized spacial score (nSPS) is 21.5. The molecule has 0 saturated carbocycles. The summed E-state index contributed by atoms with van der Waals surface area (Å²) in [5.41, 5.74) is 0. The zero-order chi connectivity index (χ0) is 15.0. The van der Waals surface area contributed by atoms with E-state index in [1.807, 2.05) is 0 Å². The minimum atomic E-state index is -2.80. The standard InChI is InChI=1S/C10H14F8O/c11-1-5(13)9(17)7(15)3-19-4-8(16)10(18)6(14)2-12/h5-10H,1-4H2. The topological polar surface area (TPSA) is 9.23 Å². The van der Waals surface area contributed by atoms with Crippen molar-refractivity contribution in [2.24, 2.45) is 0 Å².